The Balaban J connectivity index is 1.50. The van der Waals surface area contributed by atoms with Gasteiger partial charge in [0.05, 0.1) is 0 Å². The SMILES string of the molecule is Cc1cccc(C2CC(NCc3cnccc3C)C2)c1. The van der Waals surface area contributed by atoms with Crippen LogP contribution in [-0.4, -0.2) is 11.0 Å². The van der Waals surface area contributed by atoms with Crippen LogP contribution in [0.15, 0.2) is 42.7 Å². The number of hydrogen-bond acceptors (Lipinski definition) is 2. The van der Waals surface area contributed by atoms with Gasteiger partial charge in [-0.15, -0.1) is 0 Å². The first-order chi connectivity index (χ1) is 9.72. The van der Waals surface area contributed by atoms with Crippen LogP contribution in [-0.2, 0) is 6.54 Å². The minimum Gasteiger partial charge on any atom is -0.310 e. The molecule has 0 amide bonds. The third kappa shape index (κ3) is 2.91. The van der Waals surface area contributed by atoms with Crippen LogP contribution in [0.25, 0.3) is 0 Å². The molecule has 0 radical (unpaired) electrons. The van der Waals surface area contributed by atoms with Gasteiger partial charge in [-0.3, -0.25) is 4.98 Å². The van der Waals surface area contributed by atoms with Crippen LogP contribution >= 0.6 is 0 Å². The molecule has 0 aliphatic heterocycles. The van der Waals surface area contributed by atoms with Crippen molar-refractivity contribution >= 4 is 0 Å². The van der Waals surface area contributed by atoms with Gasteiger partial charge in [-0.25, -0.2) is 0 Å². The molecule has 2 nitrogen and oxygen atoms in total. The summed E-state index contributed by atoms with van der Waals surface area (Å²) in [5, 5.41) is 3.65. The zero-order chi connectivity index (χ0) is 13.9. The minimum absolute atomic E-state index is 0.653. The van der Waals surface area contributed by atoms with Gasteiger partial charge in [0.1, 0.15) is 0 Å². The quantitative estimate of drug-likeness (QED) is 0.912. The van der Waals surface area contributed by atoms with Crippen LogP contribution in [0.1, 0.15) is 41.0 Å². The first-order valence-electron chi connectivity index (χ1n) is 7.42. The summed E-state index contributed by atoms with van der Waals surface area (Å²) in [4.78, 5) is 4.20. The molecule has 1 aromatic heterocycles. The monoisotopic (exact) mass is 266 g/mol. The molecule has 3 rings (SSSR count). The second-order valence-electron chi connectivity index (χ2n) is 5.96. The van der Waals surface area contributed by atoms with Crippen LogP contribution in [0.5, 0.6) is 0 Å². The number of aryl methyl sites for hydroxylation is 2. The predicted molar refractivity (Wildman–Crippen MR) is 82.8 cm³/mol. The van der Waals surface area contributed by atoms with Gasteiger partial charge in [-0.2, -0.15) is 0 Å². The Hall–Kier alpha value is -1.67. The average molecular weight is 266 g/mol. The van der Waals surface area contributed by atoms with Crippen LogP contribution < -0.4 is 5.32 Å². The van der Waals surface area contributed by atoms with E-state index in [9.17, 15) is 0 Å². The van der Waals surface area contributed by atoms with E-state index in [1.807, 2.05) is 12.4 Å². The lowest BCUT2D eigenvalue weighted by Crippen LogP contribution is -2.39. The lowest BCUT2D eigenvalue weighted by atomic mass is 9.75. The van der Waals surface area contributed by atoms with Crippen LogP contribution in [0.2, 0.25) is 0 Å². The van der Waals surface area contributed by atoms with Crippen LogP contribution in [0.4, 0.5) is 0 Å². The Kier molecular flexibility index (Phi) is 3.83. The Morgan fingerprint density at radius 2 is 2.05 bits per heavy atom. The van der Waals surface area contributed by atoms with E-state index in [2.05, 4.69) is 54.5 Å². The summed E-state index contributed by atoms with van der Waals surface area (Å²) in [5.41, 5.74) is 5.50. The molecular formula is C18H22N2. The smallest absolute Gasteiger partial charge is 0.0315 e. The maximum Gasteiger partial charge on any atom is 0.0315 e. The molecule has 104 valence electrons. The van der Waals surface area contributed by atoms with Gasteiger partial charge >= 0.3 is 0 Å². The average Bonchev–Trinajstić information content (AvgIpc) is 2.39. The van der Waals surface area contributed by atoms with Gasteiger partial charge in [-0.1, -0.05) is 29.8 Å². The lowest BCUT2D eigenvalue weighted by Gasteiger charge is -2.36. The summed E-state index contributed by atoms with van der Waals surface area (Å²) in [6.07, 6.45) is 6.33. The second-order valence-corrected chi connectivity index (χ2v) is 5.96. The van der Waals surface area contributed by atoms with Gasteiger partial charge in [0, 0.05) is 25.0 Å². The zero-order valence-corrected chi connectivity index (χ0v) is 12.3. The molecule has 2 heteroatoms. The second kappa shape index (κ2) is 5.76. The third-order valence-electron chi connectivity index (χ3n) is 4.38. The van der Waals surface area contributed by atoms with Gasteiger partial charge in [0.15, 0.2) is 0 Å². The van der Waals surface area contributed by atoms with E-state index in [1.165, 1.54) is 35.1 Å². The molecule has 1 aromatic carbocycles. The van der Waals surface area contributed by atoms with Gasteiger partial charge in [0.2, 0.25) is 0 Å². The van der Waals surface area contributed by atoms with E-state index in [4.69, 9.17) is 0 Å². The van der Waals surface area contributed by atoms with Crippen molar-refractivity contribution in [3.63, 3.8) is 0 Å². The molecule has 1 aliphatic carbocycles. The number of aromatic nitrogens is 1. The van der Waals surface area contributed by atoms with Crippen LogP contribution in [0.3, 0.4) is 0 Å². The van der Waals surface area contributed by atoms with E-state index in [1.54, 1.807) is 0 Å². The van der Waals surface area contributed by atoms with Gasteiger partial charge in [-0.05, 0) is 55.4 Å². The van der Waals surface area contributed by atoms with E-state index in [0.717, 1.165) is 12.5 Å². The molecule has 2 aromatic rings. The molecule has 0 atom stereocenters. The number of nitrogens with zero attached hydrogens (tertiary/aromatic N) is 1. The topological polar surface area (TPSA) is 24.9 Å². The number of rotatable bonds is 4. The van der Waals surface area contributed by atoms with Crippen molar-refractivity contribution in [2.75, 3.05) is 0 Å². The highest BCUT2D eigenvalue weighted by Crippen LogP contribution is 2.37. The summed E-state index contributed by atoms with van der Waals surface area (Å²) in [7, 11) is 0. The molecule has 1 heterocycles. The summed E-state index contributed by atoms with van der Waals surface area (Å²) >= 11 is 0. The molecular weight excluding hydrogens is 244 g/mol. The Morgan fingerprint density at radius 1 is 1.20 bits per heavy atom. The largest absolute Gasteiger partial charge is 0.310 e. The Labute approximate surface area is 121 Å². The van der Waals surface area contributed by atoms with Crippen LogP contribution in [0, 0.1) is 13.8 Å². The summed E-state index contributed by atoms with van der Waals surface area (Å²) < 4.78 is 0. The fourth-order valence-corrected chi connectivity index (χ4v) is 2.92. The van der Waals surface area contributed by atoms with E-state index in [-0.39, 0.29) is 0 Å². The van der Waals surface area contributed by atoms with Gasteiger partial charge in [0.25, 0.3) is 0 Å². The van der Waals surface area contributed by atoms with Gasteiger partial charge < -0.3 is 5.32 Å². The summed E-state index contributed by atoms with van der Waals surface area (Å²) in [5.74, 6) is 0.738. The molecule has 0 unspecified atom stereocenters. The molecule has 0 saturated heterocycles. The fraction of sp³-hybridized carbons (Fsp3) is 0.389. The standard InChI is InChI=1S/C18H22N2/c1-13-4-3-5-15(8-13)16-9-18(10-16)20-12-17-11-19-7-6-14(17)2/h3-8,11,16,18,20H,9-10,12H2,1-2H3. The normalized spacial score (nSPS) is 21.5. The minimum atomic E-state index is 0.653. The number of pyridine rings is 1. The highest BCUT2D eigenvalue weighted by atomic mass is 14.9. The molecule has 0 bridgehead atoms. The van der Waals surface area contributed by atoms with Crippen molar-refractivity contribution in [2.45, 2.75) is 45.2 Å². The fourth-order valence-electron chi connectivity index (χ4n) is 2.92. The molecule has 1 aliphatic rings. The molecule has 1 N–H and O–H groups in total. The first kappa shape index (κ1) is 13.3. The molecule has 1 saturated carbocycles. The molecule has 1 fully saturated rings. The Morgan fingerprint density at radius 3 is 2.80 bits per heavy atom. The van der Waals surface area contributed by atoms with Crippen molar-refractivity contribution in [3.8, 4) is 0 Å². The number of benzene rings is 1. The molecule has 20 heavy (non-hydrogen) atoms. The maximum absolute atomic E-state index is 4.20. The van der Waals surface area contributed by atoms with Crippen molar-refractivity contribution in [1.29, 1.82) is 0 Å². The maximum atomic E-state index is 4.20. The third-order valence-corrected chi connectivity index (χ3v) is 4.38. The highest BCUT2D eigenvalue weighted by Gasteiger charge is 2.29. The van der Waals surface area contributed by atoms with Crippen molar-refractivity contribution in [1.82, 2.24) is 10.3 Å². The first-order valence-corrected chi connectivity index (χ1v) is 7.42. The number of nitrogens with one attached hydrogen (secondary N) is 1. The van der Waals surface area contributed by atoms with E-state index < -0.39 is 0 Å². The van der Waals surface area contributed by atoms with Crippen molar-refractivity contribution < 1.29 is 0 Å². The summed E-state index contributed by atoms with van der Waals surface area (Å²) in [6.45, 7) is 5.25. The van der Waals surface area contributed by atoms with Crippen molar-refractivity contribution in [3.05, 3.63) is 65.0 Å². The zero-order valence-electron chi connectivity index (χ0n) is 12.3. The lowest BCUT2D eigenvalue weighted by molar-refractivity contribution is 0.289. The molecule has 0 spiro atoms. The number of hydrogen-bond donors (Lipinski definition) is 1. The van der Waals surface area contributed by atoms with E-state index in [0.29, 0.717) is 6.04 Å². The summed E-state index contributed by atoms with van der Waals surface area (Å²) in [6, 6.07) is 11.7. The predicted octanol–water partition coefficient (Wildman–Crippen LogP) is 3.73. The highest BCUT2D eigenvalue weighted by molar-refractivity contribution is 5.28. The Bertz CT molecular complexity index is 585. The van der Waals surface area contributed by atoms with Crippen molar-refractivity contribution in [2.24, 2.45) is 0 Å². The van der Waals surface area contributed by atoms with E-state index >= 15 is 0 Å².